The third-order valence-corrected chi connectivity index (χ3v) is 6.95. The Hall–Kier alpha value is -3.45. The molecule has 0 aliphatic carbocycles. The number of nitrogens with zero attached hydrogens (tertiary/aromatic N) is 6. The lowest BCUT2D eigenvalue weighted by Gasteiger charge is -2.32. The maximum atomic E-state index is 5.48. The molecule has 34 heavy (non-hydrogen) atoms. The second-order valence-corrected chi connectivity index (χ2v) is 9.29. The molecule has 0 N–H and O–H groups in total. The van der Waals surface area contributed by atoms with Crippen molar-refractivity contribution in [1.82, 2.24) is 24.6 Å². The van der Waals surface area contributed by atoms with Crippen LogP contribution in [0.25, 0.3) is 17.3 Å². The number of piperidine rings is 1. The van der Waals surface area contributed by atoms with Gasteiger partial charge in [-0.15, -0.1) is 0 Å². The largest absolute Gasteiger partial charge is 0.461 e. The molecule has 0 amide bonds. The van der Waals surface area contributed by atoms with Crippen LogP contribution in [0.4, 0.5) is 5.82 Å². The quantitative estimate of drug-likeness (QED) is 0.433. The maximum absolute atomic E-state index is 5.48. The molecule has 2 aliphatic rings. The van der Waals surface area contributed by atoms with E-state index in [-0.39, 0.29) is 0 Å². The second kappa shape index (κ2) is 9.06. The maximum Gasteiger partial charge on any atom is 0.195 e. The van der Waals surface area contributed by atoms with E-state index in [1.165, 1.54) is 36.2 Å². The van der Waals surface area contributed by atoms with E-state index in [9.17, 15) is 0 Å². The van der Waals surface area contributed by atoms with Crippen molar-refractivity contribution in [2.75, 3.05) is 24.5 Å². The highest BCUT2D eigenvalue weighted by atomic mass is 16.3. The van der Waals surface area contributed by atoms with Crippen molar-refractivity contribution in [3.8, 4) is 17.3 Å². The van der Waals surface area contributed by atoms with Gasteiger partial charge in [0.1, 0.15) is 5.82 Å². The molecule has 0 bridgehead atoms. The molecule has 1 fully saturated rings. The van der Waals surface area contributed by atoms with Crippen LogP contribution in [0.2, 0.25) is 0 Å². The van der Waals surface area contributed by atoms with Crippen molar-refractivity contribution < 1.29 is 4.42 Å². The second-order valence-electron chi connectivity index (χ2n) is 9.29. The molecule has 1 saturated heterocycles. The number of hydrogen-bond donors (Lipinski definition) is 0. The first kappa shape index (κ1) is 21.1. The zero-order chi connectivity index (χ0) is 22.9. The summed E-state index contributed by atoms with van der Waals surface area (Å²) in [5.74, 6) is 2.66. The van der Waals surface area contributed by atoms with E-state index < -0.39 is 0 Å². The number of benzene rings is 1. The summed E-state index contributed by atoms with van der Waals surface area (Å²) < 4.78 is 7.64. The van der Waals surface area contributed by atoms with Gasteiger partial charge in [0, 0.05) is 56.5 Å². The normalized spacial score (nSPS) is 16.6. The molecule has 3 aromatic heterocycles. The molecular weight excluding hydrogens is 424 g/mol. The summed E-state index contributed by atoms with van der Waals surface area (Å²) in [7, 11) is 0. The monoisotopic (exact) mass is 454 g/mol. The van der Waals surface area contributed by atoms with Crippen molar-refractivity contribution in [2.24, 2.45) is 0 Å². The van der Waals surface area contributed by atoms with Crippen LogP contribution in [0.15, 0.2) is 59.3 Å². The molecule has 7 heteroatoms. The predicted molar refractivity (Wildman–Crippen MR) is 132 cm³/mol. The van der Waals surface area contributed by atoms with E-state index in [1.807, 2.05) is 18.3 Å². The molecule has 2 aliphatic heterocycles. The van der Waals surface area contributed by atoms with Crippen molar-refractivity contribution in [2.45, 2.75) is 45.7 Å². The van der Waals surface area contributed by atoms with Gasteiger partial charge in [0.15, 0.2) is 11.6 Å². The lowest BCUT2D eigenvalue weighted by atomic mass is 10.1. The molecule has 5 heterocycles. The first-order valence-corrected chi connectivity index (χ1v) is 12.3. The van der Waals surface area contributed by atoms with Gasteiger partial charge in [0.05, 0.1) is 23.3 Å². The van der Waals surface area contributed by atoms with Gasteiger partial charge in [-0.2, -0.15) is 5.10 Å². The zero-order valence-electron chi connectivity index (χ0n) is 19.7. The van der Waals surface area contributed by atoms with Crippen LogP contribution in [0.1, 0.15) is 41.8 Å². The average molecular weight is 455 g/mol. The average Bonchev–Trinajstić information content (AvgIpc) is 3.54. The van der Waals surface area contributed by atoms with Crippen LogP contribution in [-0.2, 0) is 19.5 Å². The van der Waals surface area contributed by atoms with Crippen LogP contribution in [0.3, 0.4) is 0 Å². The van der Waals surface area contributed by atoms with E-state index in [1.54, 1.807) is 6.26 Å². The first-order chi connectivity index (χ1) is 16.8. The van der Waals surface area contributed by atoms with Gasteiger partial charge < -0.3 is 9.32 Å². The third-order valence-electron chi connectivity index (χ3n) is 6.95. The number of para-hydroxylation sites is 1. The molecule has 174 valence electrons. The van der Waals surface area contributed by atoms with Crippen molar-refractivity contribution >= 4 is 5.82 Å². The number of aryl methyl sites for hydroxylation is 1. The molecule has 1 aromatic carbocycles. The Bertz CT molecular complexity index is 1260. The fourth-order valence-corrected chi connectivity index (χ4v) is 5.17. The van der Waals surface area contributed by atoms with Crippen LogP contribution in [0, 0.1) is 6.92 Å². The fraction of sp³-hybridized carbons (Fsp3) is 0.370. The van der Waals surface area contributed by atoms with Gasteiger partial charge in [-0.25, -0.2) is 14.6 Å². The van der Waals surface area contributed by atoms with Crippen LogP contribution in [0.5, 0.6) is 0 Å². The smallest absolute Gasteiger partial charge is 0.195 e. The Morgan fingerprint density at radius 2 is 1.82 bits per heavy atom. The number of aromatic nitrogens is 4. The third kappa shape index (κ3) is 4.01. The number of hydrogen-bond acceptors (Lipinski definition) is 6. The minimum absolute atomic E-state index is 0.671. The van der Waals surface area contributed by atoms with E-state index in [0.29, 0.717) is 5.82 Å². The van der Waals surface area contributed by atoms with Crippen LogP contribution < -0.4 is 4.90 Å². The fourth-order valence-electron chi connectivity index (χ4n) is 5.17. The van der Waals surface area contributed by atoms with Crippen molar-refractivity contribution in [3.63, 3.8) is 0 Å². The topological polar surface area (TPSA) is 63.2 Å². The van der Waals surface area contributed by atoms with Crippen LogP contribution in [-0.4, -0.2) is 44.3 Å². The predicted octanol–water partition coefficient (Wildman–Crippen LogP) is 4.78. The highest BCUT2D eigenvalue weighted by molar-refractivity contribution is 5.56. The van der Waals surface area contributed by atoms with E-state index in [4.69, 9.17) is 14.5 Å². The van der Waals surface area contributed by atoms with E-state index in [0.717, 1.165) is 62.0 Å². The summed E-state index contributed by atoms with van der Waals surface area (Å²) in [6, 6.07) is 14.3. The standard InChI is InChI=1S/C27H30N6O/c1-20-23(27(32-13-6-3-7-14-32)33(30-20)22-9-4-2-5-10-22)19-31-15-12-24-21(18-31)17-28-26(29-24)25-11-8-16-34-25/h2,4-5,8-11,16-17H,3,6-7,12-15,18-19H2,1H3. The van der Waals surface area contributed by atoms with Gasteiger partial charge in [0.25, 0.3) is 0 Å². The Morgan fingerprint density at radius 3 is 2.62 bits per heavy atom. The molecule has 0 saturated carbocycles. The summed E-state index contributed by atoms with van der Waals surface area (Å²) >= 11 is 0. The Balaban J connectivity index is 1.29. The number of rotatable bonds is 5. The number of fused-ring (bicyclic) bond motifs is 1. The summed E-state index contributed by atoms with van der Waals surface area (Å²) in [5.41, 5.74) is 5.90. The van der Waals surface area contributed by atoms with Gasteiger partial charge in [-0.05, 0) is 50.5 Å². The van der Waals surface area contributed by atoms with Crippen LogP contribution >= 0.6 is 0 Å². The highest BCUT2D eigenvalue weighted by Gasteiger charge is 2.27. The Labute approximate surface area is 200 Å². The van der Waals surface area contributed by atoms with Gasteiger partial charge in [-0.3, -0.25) is 4.90 Å². The minimum atomic E-state index is 0.671. The minimum Gasteiger partial charge on any atom is -0.461 e. The zero-order valence-corrected chi connectivity index (χ0v) is 19.7. The summed E-state index contributed by atoms with van der Waals surface area (Å²) in [5, 5.41) is 5.02. The molecule has 4 aromatic rings. The summed E-state index contributed by atoms with van der Waals surface area (Å²) in [6.45, 7) is 7.04. The van der Waals surface area contributed by atoms with Gasteiger partial charge >= 0.3 is 0 Å². The summed E-state index contributed by atoms with van der Waals surface area (Å²) in [4.78, 5) is 14.4. The number of anilines is 1. The SMILES string of the molecule is Cc1nn(-c2ccccc2)c(N2CCCCC2)c1CN1CCc2nc(-c3ccco3)ncc2C1. The molecule has 0 spiro atoms. The molecule has 0 radical (unpaired) electrons. The molecule has 0 unspecified atom stereocenters. The highest BCUT2D eigenvalue weighted by Crippen LogP contribution is 2.32. The van der Waals surface area contributed by atoms with Crippen molar-refractivity contribution in [1.29, 1.82) is 0 Å². The first-order valence-electron chi connectivity index (χ1n) is 12.3. The lowest BCUT2D eigenvalue weighted by molar-refractivity contribution is 0.242. The lowest BCUT2D eigenvalue weighted by Crippen LogP contribution is -2.34. The Morgan fingerprint density at radius 1 is 0.971 bits per heavy atom. The van der Waals surface area contributed by atoms with E-state index in [2.05, 4.69) is 56.7 Å². The number of furan rings is 1. The van der Waals surface area contributed by atoms with Gasteiger partial charge in [0.2, 0.25) is 0 Å². The molecule has 6 rings (SSSR count). The Kier molecular flexibility index (Phi) is 5.63. The summed E-state index contributed by atoms with van der Waals surface area (Å²) in [6.07, 6.45) is 8.34. The molecular formula is C27H30N6O. The van der Waals surface area contributed by atoms with Crippen molar-refractivity contribution in [3.05, 3.63) is 77.4 Å². The van der Waals surface area contributed by atoms with Gasteiger partial charge in [-0.1, -0.05) is 18.2 Å². The molecule has 0 atom stereocenters. The van der Waals surface area contributed by atoms with E-state index >= 15 is 0 Å². The molecule has 7 nitrogen and oxygen atoms in total.